The van der Waals surface area contributed by atoms with Crippen molar-refractivity contribution in [3.8, 4) is 0 Å². The second kappa shape index (κ2) is 6.80. The molecule has 0 N–H and O–H groups in total. The number of thioether (sulfide) groups is 1. The van der Waals surface area contributed by atoms with Gasteiger partial charge in [0, 0.05) is 16.9 Å². The number of hydrogen-bond acceptors (Lipinski definition) is 2. The molecular weight excluding hydrogens is 297 g/mol. The lowest BCUT2D eigenvalue weighted by Crippen LogP contribution is -2.04. The van der Waals surface area contributed by atoms with Crippen LogP contribution in [-0.4, -0.2) is 12.0 Å². The minimum Gasteiger partial charge on any atom is -0.294 e. The lowest BCUT2D eigenvalue weighted by Gasteiger charge is -2.07. The third-order valence-electron chi connectivity index (χ3n) is 3.09. The normalized spacial score (nSPS) is 10.7. The zero-order valence-electron chi connectivity index (χ0n) is 11.3. The fraction of sp³-hybridized carbons (Fsp3) is 0.188. The van der Waals surface area contributed by atoms with E-state index in [0.717, 1.165) is 17.0 Å². The monoisotopic (exact) mass is 310 g/mol. The minimum absolute atomic E-state index is 0.106. The van der Waals surface area contributed by atoms with Crippen LogP contribution in [0.1, 0.15) is 22.3 Å². The van der Waals surface area contributed by atoms with Crippen LogP contribution < -0.4 is 0 Å². The first-order valence-corrected chi connectivity index (χ1v) is 7.55. The van der Waals surface area contributed by atoms with Crippen molar-refractivity contribution in [1.29, 1.82) is 0 Å². The maximum Gasteiger partial charge on any atom is 0.194 e. The van der Waals surface area contributed by atoms with E-state index in [1.165, 1.54) is 11.8 Å². The lowest BCUT2D eigenvalue weighted by molar-refractivity contribution is 0.0980. The number of benzene rings is 2. The maximum atomic E-state index is 13.1. The Morgan fingerprint density at radius 3 is 2.33 bits per heavy atom. The summed E-state index contributed by atoms with van der Waals surface area (Å²) in [5.41, 5.74) is 0.856. The molecule has 0 spiro atoms. The Morgan fingerprint density at radius 2 is 1.71 bits per heavy atom. The molecule has 0 heterocycles. The molecule has 0 atom stereocenters. The third kappa shape index (κ3) is 3.67. The first-order chi connectivity index (χ1) is 10.0. The number of carbonyl (C=O) groups excluding carboxylic acids is 1. The van der Waals surface area contributed by atoms with Crippen LogP contribution in [0, 0.1) is 17.5 Å². The lowest BCUT2D eigenvalue weighted by atomic mass is 10.0. The predicted octanol–water partition coefficient (Wildman–Crippen LogP) is 4.64. The van der Waals surface area contributed by atoms with E-state index in [0.29, 0.717) is 5.56 Å². The van der Waals surface area contributed by atoms with Gasteiger partial charge in [0.15, 0.2) is 23.2 Å². The summed E-state index contributed by atoms with van der Waals surface area (Å²) in [6.07, 6.45) is 2.15. The highest BCUT2D eigenvalue weighted by Gasteiger charge is 2.13. The Morgan fingerprint density at radius 1 is 1.10 bits per heavy atom. The van der Waals surface area contributed by atoms with E-state index in [1.54, 1.807) is 12.1 Å². The van der Waals surface area contributed by atoms with Crippen molar-refractivity contribution in [1.82, 2.24) is 0 Å². The quantitative estimate of drug-likeness (QED) is 0.454. The summed E-state index contributed by atoms with van der Waals surface area (Å²) in [6.45, 7) is 0. The molecule has 0 radical (unpaired) electrons. The van der Waals surface area contributed by atoms with Gasteiger partial charge in [-0.3, -0.25) is 4.79 Å². The SMILES string of the molecule is CSc1ccccc1C(=O)CCc1cc(F)c(F)c(F)c1. The molecule has 5 heteroatoms. The number of aryl methyl sites for hydroxylation is 1. The van der Waals surface area contributed by atoms with E-state index in [2.05, 4.69) is 0 Å². The fourth-order valence-electron chi connectivity index (χ4n) is 2.02. The number of ketones is 1. The van der Waals surface area contributed by atoms with Crippen molar-refractivity contribution in [2.24, 2.45) is 0 Å². The molecule has 0 aromatic heterocycles. The smallest absolute Gasteiger partial charge is 0.194 e. The molecule has 2 aromatic carbocycles. The summed E-state index contributed by atoms with van der Waals surface area (Å²) in [5.74, 6) is -4.06. The fourth-order valence-corrected chi connectivity index (χ4v) is 2.64. The first kappa shape index (κ1) is 15.6. The molecule has 2 rings (SSSR count). The highest BCUT2D eigenvalue weighted by Crippen LogP contribution is 2.22. The van der Waals surface area contributed by atoms with Gasteiger partial charge in [0.25, 0.3) is 0 Å². The summed E-state index contributed by atoms with van der Waals surface area (Å²) in [4.78, 5) is 13.0. The minimum atomic E-state index is -1.49. The molecule has 0 saturated carbocycles. The summed E-state index contributed by atoms with van der Waals surface area (Å²) in [7, 11) is 0. The van der Waals surface area contributed by atoms with Crippen LogP contribution >= 0.6 is 11.8 Å². The molecule has 0 fully saturated rings. The van der Waals surface area contributed by atoms with E-state index in [9.17, 15) is 18.0 Å². The Bertz CT molecular complexity index is 647. The summed E-state index contributed by atoms with van der Waals surface area (Å²) >= 11 is 1.46. The highest BCUT2D eigenvalue weighted by atomic mass is 32.2. The van der Waals surface area contributed by atoms with E-state index in [1.807, 2.05) is 18.4 Å². The number of carbonyl (C=O) groups is 1. The second-order valence-corrected chi connectivity index (χ2v) is 5.34. The number of halogens is 3. The van der Waals surface area contributed by atoms with Gasteiger partial charge in [0.2, 0.25) is 0 Å². The molecule has 0 unspecified atom stereocenters. The molecule has 0 aliphatic carbocycles. The largest absolute Gasteiger partial charge is 0.294 e. The Balaban J connectivity index is 2.11. The molecule has 21 heavy (non-hydrogen) atoms. The first-order valence-electron chi connectivity index (χ1n) is 6.32. The zero-order valence-corrected chi connectivity index (χ0v) is 12.1. The van der Waals surface area contributed by atoms with Crippen molar-refractivity contribution in [3.63, 3.8) is 0 Å². The maximum absolute atomic E-state index is 13.1. The van der Waals surface area contributed by atoms with Gasteiger partial charge in [-0.25, -0.2) is 13.2 Å². The van der Waals surface area contributed by atoms with Crippen molar-refractivity contribution >= 4 is 17.5 Å². The van der Waals surface area contributed by atoms with Gasteiger partial charge in [-0.05, 0) is 36.4 Å². The van der Waals surface area contributed by atoms with Gasteiger partial charge in [0.05, 0.1) is 0 Å². The molecule has 0 aliphatic rings. The van der Waals surface area contributed by atoms with E-state index in [-0.39, 0.29) is 24.2 Å². The van der Waals surface area contributed by atoms with Crippen molar-refractivity contribution in [2.75, 3.05) is 6.26 Å². The molecule has 0 amide bonds. The molecule has 0 aliphatic heterocycles. The van der Waals surface area contributed by atoms with Crippen molar-refractivity contribution in [2.45, 2.75) is 17.7 Å². The summed E-state index contributed by atoms with van der Waals surface area (Å²) < 4.78 is 39.1. The van der Waals surface area contributed by atoms with Gasteiger partial charge in [-0.1, -0.05) is 18.2 Å². The molecule has 0 saturated heterocycles. The zero-order chi connectivity index (χ0) is 15.4. The van der Waals surface area contributed by atoms with Crippen LogP contribution in [0.3, 0.4) is 0 Å². The van der Waals surface area contributed by atoms with Crippen LogP contribution in [0.4, 0.5) is 13.2 Å². The van der Waals surface area contributed by atoms with Crippen LogP contribution in [0.5, 0.6) is 0 Å². The average Bonchev–Trinajstić information content (AvgIpc) is 2.50. The van der Waals surface area contributed by atoms with E-state index >= 15 is 0 Å². The van der Waals surface area contributed by atoms with Gasteiger partial charge >= 0.3 is 0 Å². The highest BCUT2D eigenvalue weighted by molar-refractivity contribution is 7.98. The standard InChI is InChI=1S/C16H13F3OS/c1-21-15-5-3-2-4-11(15)14(20)7-6-10-8-12(17)16(19)13(18)9-10/h2-5,8-9H,6-7H2,1H3. The average molecular weight is 310 g/mol. The van der Waals surface area contributed by atoms with Crippen molar-refractivity contribution < 1.29 is 18.0 Å². The Hall–Kier alpha value is -1.75. The van der Waals surface area contributed by atoms with Gasteiger partial charge in [0.1, 0.15) is 0 Å². The van der Waals surface area contributed by atoms with Crippen LogP contribution in [-0.2, 0) is 6.42 Å². The molecule has 1 nitrogen and oxygen atoms in total. The predicted molar refractivity (Wildman–Crippen MR) is 77.2 cm³/mol. The topological polar surface area (TPSA) is 17.1 Å². The Kier molecular flexibility index (Phi) is 5.07. The van der Waals surface area contributed by atoms with Gasteiger partial charge in [-0.15, -0.1) is 11.8 Å². The van der Waals surface area contributed by atoms with Gasteiger partial charge in [-0.2, -0.15) is 0 Å². The summed E-state index contributed by atoms with van der Waals surface area (Å²) in [5, 5.41) is 0. The van der Waals surface area contributed by atoms with Crippen LogP contribution in [0.15, 0.2) is 41.3 Å². The van der Waals surface area contributed by atoms with Crippen LogP contribution in [0.2, 0.25) is 0 Å². The van der Waals surface area contributed by atoms with E-state index in [4.69, 9.17) is 0 Å². The molecular formula is C16H13F3OS. The Labute approximate surface area is 125 Å². The van der Waals surface area contributed by atoms with Gasteiger partial charge < -0.3 is 0 Å². The second-order valence-electron chi connectivity index (χ2n) is 4.50. The summed E-state index contributed by atoms with van der Waals surface area (Å²) in [6, 6.07) is 9.02. The molecule has 0 bridgehead atoms. The molecule has 2 aromatic rings. The number of Topliss-reactive ketones (excluding diaryl/α,β-unsaturated/α-hetero) is 1. The van der Waals surface area contributed by atoms with Crippen molar-refractivity contribution in [3.05, 3.63) is 65.0 Å². The molecule has 110 valence electrons. The number of rotatable bonds is 5. The van der Waals surface area contributed by atoms with Crippen LogP contribution in [0.25, 0.3) is 0 Å². The van der Waals surface area contributed by atoms with E-state index < -0.39 is 17.5 Å². The number of hydrogen-bond donors (Lipinski definition) is 0. The third-order valence-corrected chi connectivity index (χ3v) is 3.89.